The van der Waals surface area contributed by atoms with Crippen LogP contribution in [0.5, 0.6) is 11.5 Å². The number of ketones is 2. The van der Waals surface area contributed by atoms with Gasteiger partial charge in [0.05, 0.1) is 18.8 Å². The number of halogens is 4. The largest absolute Gasteiger partial charge is 0.493 e. The van der Waals surface area contributed by atoms with Crippen molar-refractivity contribution in [3.05, 3.63) is 101 Å². The molecule has 1 aliphatic carbocycles. The molecular formula is C34H34F4O5. The number of carbonyl (C=O) groups excluding carboxylic acids is 2. The van der Waals surface area contributed by atoms with E-state index in [0.717, 1.165) is 6.42 Å². The van der Waals surface area contributed by atoms with Gasteiger partial charge in [0.25, 0.3) is 0 Å². The molecule has 0 heterocycles. The molecule has 1 aliphatic rings. The number of methoxy groups -OCH3 is 1. The number of unbranched alkanes of at least 4 members (excludes halogenated alkanes) is 1. The Morgan fingerprint density at radius 1 is 0.930 bits per heavy atom. The molecule has 0 aliphatic heterocycles. The normalized spacial score (nSPS) is 16.3. The molecule has 3 aromatic rings. The zero-order valence-electron chi connectivity index (χ0n) is 24.3. The van der Waals surface area contributed by atoms with Crippen molar-refractivity contribution in [1.29, 1.82) is 0 Å². The lowest BCUT2D eigenvalue weighted by molar-refractivity contribution is -0.121. The Morgan fingerprint density at radius 2 is 1.63 bits per heavy atom. The minimum Gasteiger partial charge on any atom is -0.493 e. The van der Waals surface area contributed by atoms with Crippen LogP contribution in [-0.2, 0) is 9.53 Å². The first-order valence-corrected chi connectivity index (χ1v) is 14.2. The SMILES string of the molecule is COc1c(OCC(=O)CCCCOC(C)C)cccc1C1CC(c2ccc(F)cc2)=CC1C(=O)c1c(F)cc(F)cc1F. The molecule has 0 amide bonds. The van der Waals surface area contributed by atoms with E-state index in [9.17, 15) is 27.2 Å². The van der Waals surface area contributed by atoms with E-state index in [2.05, 4.69) is 0 Å². The van der Waals surface area contributed by atoms with Crippen molar-refractivity contribution in [2.24, 2.45) is 5.92 Å². The van der Waals surface area contributed by atoms with Crippen molar-refractivity contribution in [2.45, 2.75) is 51.6 Å². The van der Waals surface area contributed by atoms with E-state index in [4.69, 9.17) is 14.2 Å². The summed E-state index contributed by atoms with van der Waals surface area (Å²) in [4.78, 5) is 26.1. The van der Waals surface area contributed by atoms with Gasteiger partial charge in [-0.3, -0.25) is 9.59 Å². The molecule has 9 heteroatoms. The average Bonchev–Trinajstić information content (AvgIpc) is 3.40. The second-order valence-electron chi connectivity index (χ2n) is 10.7. The molecule has 3 aromatic carbocycles. The predicted molar refractivity (Wildman–Crippen MR) is 154 cm³/mol. The third-order valence-corrected chi connectivity index (χ3v) is 7.33. The van der Waals surface area contributed by atoms with Crippen molar-refractivity contribution >= 4 is 17.1 Å². The first-order valence-electron chi connectivity index (χ1n) is 14.2. The summed E-state index contributed by atoms with van der Waals surface area (Å²) in [5.74, 6) is -6.33. The number of allylic oxidation sites excluding steroid dienone is 2. The Labute approximate surface area is 248 Å². The van der Waals surface area contributed by atoms with Crippen molar-refractivity contribution in [3.63, 3.8) is 0 Å². The van der Waals surface area contributed by atoms with Gasteiger partial charge in [0, 0.05) is 42.6 Å². The topological polar surface area (TPSA) is 61.8 Å². The van der Waals surface area contributed by atoms with Gasteiger partial charge in [-0.25, -0.2) is 17.6 Å². The maximum absolute atomic E-state index is 14.7. The molecule has 0 aromatic heterocycles. The van der Waals surface area contributed by atoms with Crippen LogP contribution in [0.3, 0.4) is 0 Å². The second kappa shape index (κ2) is 14.5. The highest BCUT2D eigenvalue weighted by atomic mass is 19.1. The van der Waals surface area contributed by atoms with Crippen molar-refractivity contribution in [3.8, 4) is 11.5 Å². The lowest BCUT2D eigenvalue weighted by atomic mass is 9.82. The summed E-state index contributed by atoms with van der Waals surface area (Å²) in [6.07, 6.45) is 3.71. The Hall–Kier alpha value is -3.98. The molecule has 0 saturated carbocycles. The Balaban J connectivity index is 1.61. The third-order valence-electron chi connectivity index (χ3n) is 7.33. The van der Waals surface area contributed by atoms with E-state index in [1.807, 2.05) is 13.8 Å². The number of benzene rings is 3. The molecule has 0 bridgehead atoms. The van der Waals surface area contributed by atoms with Crippen LogP contribution in [0.4, 0.5) is 17.6 Å². The van der Waals surface area contributed by atoms with Gasteiger partial charge in [-0.05, 0) is 62.4 Å². The summed E-state index contributed by atoms with van der Waals surface area (Å²) >= 11 is 0. The fourth-order valence-electron chi connectivity index (χ4n) is 5.28. The first kappa shape index (κ1) is 31.9. The Morgan fingerprint density at radius 3 is 2.28 bits per heavy atom. The minimum absolute atomic E-state index is 0.103. The molecule has 0 fully saturated rings. The molecule has 4 rings (SSSR count). The van der Waals surface area contributed by atoms with E-state index in [1.165, 1.54) is 19.2 Å². The summed E-state index contributed by atoms with van der Waals surface area (Å²) in [5, 5.41) is 0. The molecule has 0 N–H and O–H groups in total. The average molecular weight is 599 g/mol. The summed E-state index contributed by atoms with van der Waals surface area (Å²) in [7, 11) is 1.42. The highest BCUT2D eigenvalue weighted by Gasteiger charge is 2.39. The summed E-state index contributed by atoms with van der Waals surface area (Å²) in [6.45, 7) is 4.28. The van der Waals surface area contributed by atoms with Crippen molar-refractivity contribution in [1.82, 2.24) is 0 Å². The number of ether oxygens (including phenoxy) is 3. The van der Waals surface area contributed by atoms with E-state index in [1.54, 1.807) is 36.4 Å². The molecule has 0 spiro atoms. The van der Waals surface area contributed by atoms with Gasteiger partial charge in [-0.15, -0.1) is 0 Å². The number of para-hydroxylation sites is 1. The van der Waals surface area contributed by atoms with Crippen molar-refractivity contribution in [2.75, 3.05) is 20.3 Å². The molecular weight excluding hydrogens is 564 g/mol. The van der Waals surface area contributed by atoms with Gasteiger partial charge in [0.2, 0.25) is 0 Å². The monoisotopic (exact) mass is 598 g/mol. The van der Waals surface area contributed by atoms with Crippen LogP contribution < -0.4 is 9.47 Å². The molecule has 0 saturated heterocycles. The molecule has 2 atom stereocenters. The van der Waals surface area contributed by atoms with Gasteiger partial charge in [-0.1, -0.05) is 30.3 Å². The van der Waals surface area contributed by atoms with Crippen LogP contribution in [-0.4, -0.2) is 38.0 Å². The summed E-state index contributed by atoms with van der Waals surface area (Å²) < 4.78 is 73.7. The number of rotatable bonds is 14. The minimum atomic E-state index is -1.30. The van der Waals surface area contributed by atoms with Crippen LogP contribution in [0.1, 0.15) is 66.9 Å². The molecule has 228 valence electrons. The van der Waals surface area contributed by atoms with Gasteiger partial charge in [0.15, 0.2) is 23.1 Å². The summed E-state index contributed by atoms with van der Waals surface area (Å²) in [6, 6.07) is 11.6. The lowest BCUT2D eigenvalue weighted by Crippen LogP contribution is -2.21. The number of hydrogen-bond donors (Lipinski definition) is 0. The zero-order valence-corrected chi connectivity index (χ0v) is 24.3. The van der Waals surface area contributed by atoms with Gasteiger partial charge < -0.3 is 14.2 Å². The van der Waals surface area contributed by atoms with Gasteiger partial charge in [0.1, 0.15) is 29.9 Å². The fraction of sp³-hybridized carbons (Fsp3) is 0.353. The van der Waals surface area contributed by atoms with Crippen LogP contribution in [0, 0.1) is 29.2 Å². The Kier molecular flexibility index (Phi) is 10.7. The molecule has 2 unspecified atom stereocenters. The predicted octanol–water partition coefficient (Wildman–Crippen LogP) is 7.86. The van der Waals surface area contributed by atoms with E-state index in [0.29, 0.717) is 48.3 Å². The van der Waals surface area contributed by atoms with Crippen LogP contribution in [0.2, 0.25) is 0 Å². The standard InChI is InChI=1S/C34H34F4O5/c1-20(2)42-14-5-4-7-25(39)19-43-31-9-6-8-26(34(31)41-3)27-15-22(21-10-12-23(35)13-11-21)16-28(27)33(40)32-29(37)17-24(36)18-30(32)38/h6,8-13,16-18,20,27-28H,4-5,7,14-15,19H2,1-3H3. The zero-order chi connectivity index (χ0) is 31.1. The highest BCUT2D eigenvalue weighted by molar-refractivity contribution is 6.02. The number of carbonyl (C=O) groups is 2. The fourth-order valence-corrected chi connectivity index (χ4v) is 5.28. The quantitative estimate of drug-likeness (QED) is 0.107. The van der Waals surface area contributed by atoms with Crippen LogP contribution in [0.25, 0.3) is 5.57 Å². The summed E-state index contributed by atoms with van der Waals surface area (Å²) in [5.41, 5.74) is 0.977. The second-order valence-corrected chi connectivity index (χ2v) is 10.7. The third kappa shape index (κ3) is 7.90. The maximum Gasteiger partial charge on any atom is 0.176 e. The van der Waals surface area contributed by atoms with Gasteiger partial charge >= 0.3 is 0 Å². The maximum atomic E-state index is 14.7. The van der Waals surface area contributed by atoms with Crippen LogP contribution >= 0.6 is 0 Å². The number of hydrogen-bond acceptors (Lipinski definition) is 5. The molecule has 0 radical (unpaired) electrons. The molecule has 43 heavy (non-hydrogen) atoms. The highest BCUT2D eigenvalue weighted by Crippen LogP contribution is 2.49. The lowest BCUT2D eigenvalue weighted by Gasteiger charge is -2.23. The first-order chi connectivity index (χ1) is 20.6. The smallest absolute Gasteiger partial charge is 0.176 e. The van der Waals surface area contributed by atoms with Crippen molar-refractivity contribution < 1.29 is 41.4 Å². The van der Waals surface area contributed by atoms with Crippen LogP contribution in [0.15, 0.2) is 60.7 Å². The number of Topliss-reactive ketones (excluding diaryl/α,β-unsaturated/α-hetero) is 2. The van der Waals surface area contributed by atoms with E-state index in [-0.39, 0.29) is 36.4 Å². The van der Waals surface area contributed by atoms with Gasteiger partial charge in [-0.2, -0.15) is 0 Å². The van der Waals surface area contributed by atoms with E-state index >= 15 is 0 Å². The Bertz CT molecular complexity index is 1460. The molecule has 5 nitrogen and oxygen atoms in total. The van der Waals surface area contributed by atoms with E-state index < -0.39 is 46.5 Å².